The molecule has 1 aliphatic heterocycles. The van der Waals surface area contributed by atoms with Gasteiger partial charge in [-0.25, -0.2) is 4.98 Å². The van der Waals surface area contributed by atoms with E-state index in [1.54, 1.807) is 17.9 Å². The van der Waals surface area contributed by atoms with Gasteiger partial charge in [0.25, 0.3) is 0 Å². The highest BCUT2D eigenvalue weighted by Gasteiger charge is 2.27. The summed E-state index contributed by atoms with van der Waals surface area (Å²) in [7, 11) is 0. The van der Waals surface area contributed by atoms with Crippen LogP contribution in [0.4, 0.5) is 11.5 Å². The van der Waals surface area contributed by atoms with Gasteiger partial charge in [0.05, 0.1) is 24.1 Å². The second kappa shape index (κ2) is 4.98. The van der Waals surface area contributed by atoms with Crippen molar-refractivity contribution in [1.82, 2.24) is 4.98 Å². The summed E-state index contributed by atoms with van der Waals surface area (Å²) >= 11 is 0. The molecule has 18 heavy (non-hydrogen) atoms. The van der Waals surface area contributed by atoms with Gasteiger partial charge in [-0.05, 0) is 13.0 Å². The standard InChI is InChI=1S/C11H12N4O3/c1-8-2-3-10(15(16)17)11(13-8)14-4-5-18-9(6-12)7-14/h2-3,9H,4-5,7H2,1H3. The summed E-state index contributed by atoms with van der Waals surface area (Å²) in [5, 5.41) is 19.8. The van der Waals surface area contributed by atoms with E-state index in [1.165, 1.54) is 6.07 Å². The van der Waals surface area contributed by atoms with Crippen molar-refractivity contribution in [2.45, 2.75) is 13.0 Å². The molecule has 0 saturated carbocycles. The number of rotatable bonds is 2. The molecule has 1 aliphatic rings. The third kappa shape index (κ3) is 2.38. The average molecular weight is 248 g/mol. The number of aromatic nitrogens is 1. The van der Waals surface area contributed by atoms with Gasteiger partial charge in [-0.1, -0.05) is 0 Å². The van der Waals surface area contributed by atoms with Crippen molar-refractivity contribution in [3.05, 3.63) is 27.9 Å². The monoisotopic (exact) mass is 248 g/mol. The predicted octanol–water partition coefficient (Wildman–Crippen LogP) is 1.03. The number of hydrogen-bond acceptors (Lipinski definition) is 6. The molecule has 94 valence electrons. The highest BCUT2D eigenvalue weighted by molar-refractivity contribution is 5.58. The Bertz CT molecular complexity index is 512. The SMILES string of the molecule is Cc1ccc([N+](=O)[O-])c(N2CCOC(C#N)C2)n1. The van der Waals surface area contributed by atoms with Gasteiger partial charge in [0.15, 0.2) is 6.10 Å². The zero-order valence-corrected chi connectivity index (χ0v) is 9.87. The Morgan fingerprint density at radius 1 is 1.67 bits per heavy atom. The van der Waals surface area contributed by atoms with E-state index >= 15 is 0 Å². The largest absolute Gasteiger partial charge is 0.360 e. The van der Waals surface area contributed by atoms with Crippen molar-refractivity contribution in [3.63, 3.8) is 0 Å². The van der Waals surface area contributed by atoms with Crippen molar-refractivity contribution < 1.29 is 9.66 Å². The minimum Gasteiger partial charge on any atom is -0.360 e. The topological polar surface area (TPSA) is 92.3 Å². The van der Waals surface area contributed by atoms with Crippen LogP contribution in [0.2, 0.25) is 0 Å². The van der Waals surface area contributed by atoms with E-state index in [2.05, 4.69) is 4.98 Å². The average Bonchev–Trinajstić information content (AvgIpc) is 2.38. The summed E-state index contributed by atoms with van der Waals surface area (Å²) < 4.78 is 5.21. The molecule has 0 spiro atoms. The normalized spacial score (nSPS) is 19.3. The maximum absolute atomic E-state index is 11.0. The minimum atomic E-state index is -0.569. The van der Waals surface area contributed by atoms with Crippen molar-refractivity contribution in [3.8, 4) is 6.07 Å². The summed E-state index contributed by atoms with van der Waals surface area (Å²) in [6.07, 6.45) is -0.569. The molecule has 7 nitrogen and oxygen atoms in total. The van der Waals surface area contributed by atoms with E-state index in [1.807, 2.05) is 6.07 Å². The van der Waals surface area contributed by atoms with Crippen molar-refractivity contribution in [2.75, 3.05) is 24.6 Å². The fourth-order valence-electron chi connectivity index (χ4n) is 1.83. The molecular weight excluding hydrogens is 236 g/mol. The number of pyridine rings is 1. The van der Waals surface area contributed by atoms with Gasteiger partial charge in [0.2, 0.25) is 5.82 Å². The fourth-order valence-corrected chi connectivity index (χ4v) is 1.83. The summed E-state index contributed by atoms with van der Waals surface area (Å²) in [5.41, 5.74) is 0.662. The van der Waals surface area contributed by atoms with Crippen LogP contribution in [0.3, 0.4) is 0 Å². The van der Waals surface area contributed by atoms with E-state index in [9.17, 15) is 10.1 Å². The van der Waals surface area contributed by atoms with Crippen LogP contribution in [0.25, 0.3) is 0 Å². The van der Waals surface area contributed by atoms with Gasteiger partial charge < -0.3 is 9.64 Å². The number of nitriles is 1. The molecule has 0 radical (unpaired) electrons. The van der Waals surface area contributed by atoms with Crippen LogP contribution >= 0.6 is 0 Å². The lowest BCUT2D eigenvalue weighted by molar-refractivity contribution is -0.384. The number of hydrogen-bond donors (Lipinski definition) is 0. The molecule has 1 unspecified atom stereocenters. The number of nitrogens with zero attached hydrogens (tertiary/aromatic N) is 4. The second-order valence-corrected chi connectivity index (χ2v) is 3.99. The molecule has 0 amide bonds. The number of ether oxygens (including phenoxy) is 1. The van der Waals surface area contributed by atoms with Gasteiger partial charge in [0.1, 0.15) is 0 Å². The van der Waals surface area contributed by atoms with Crippen LogP contribution < -0.4 is 4.90 Å². The molecule has 2 rings (SSSR count). The smallest absolute Gasteiger partial charge is 0.311 e. The Balaban J connectivity index is 2.34. The van der Waals surface area contributed by atoms with Crippen molar-refractivity contribution >= 4 is 11.5 Å². The van der Waals surface area contributed by atoms with Crippen LogP contribution in [0.1, 0.15) is 5.69 Å². The molecule has 0 aliphatic carbocycles. The van der Waals surface area contributed by atoms with Crippen LogP contribution in [0.5, 0.6) is 0 Å². The van der Waals surface area contributed by atoms with E-state index in [0.29, 0.717) is 31.2 Å². The maximum Gasteiger partial charge on any atom is 0.311 e. The maximum atomic E-state index is 11.0. The Hall–Kier alpha value is -2.20. The zero-order chi connectivity index (χ0) is 13.1. The number of morpholine rings is 1. The summed E-state index contributed by atoms with van der Waals surface area (Å²) in [4.78, 5) is 16.4. The third-order valence-corrected chi connectivity index (χ3v) is 2.70. The van der Waals surface area contributed by atoms with Crippen LogP contribution in [-0.4, -0.2) is 35.7 Å². The molecule has 1 fully saturated rings. The van der Waals surface area contributed by atoms with Gasteiger partial charge in [-0.3, -0.25) is 10.1 Å². The van der Waals surface area contributed by atoms with E-state index < -0.39 is 11.0 Å². The first kappa shape index (κ1) is 12.3. The molecule has 1 saturated heterocycles. The summed E-state index contributed by atoms with van der Waals surface area (Å²) in [5.74, 6) is 0.309. The fraction of sp³-hybridized carbons (Fsp3) is 0.455. The molecule has 1 aromatic heterocycles. The van der Waals surface area contributed by atoms with Crippen molar-refractivity contribution in [1.29, 1.82) is 5.26 Å². The summed E-state index contributed by atoms with van der Waals surface area (Å²) in [6.45, 7) is 2.93. The third-order valence-electron chi connectivity index (χ3n) is 2.70. The lowest BCUT2D eigenvalue weighted by Gasteiger charge is -2.30. The van der Waals surface area contributed by atoms with Crippen LogP contribution in [0.15, 0.2) is 12.1 Å². The van der Waals surface area contributed by atoms with Crippen LogP contribution in [0, 0.1) is 28.4 Å². The van der Waals surface area contributed by atoms with Crippen molar-refractivity contribution in [2.24, 2.45) is 0 Å². The Labute approximate surface area is 104 Å². The van der Waals surface area contributed by atoms with E-state index in [0.717, 1.165) is 0 Å². The first-order valence-electron chi connectivity index (χ1n) is 5.50. The molecular formula is C11H12N4O3. The minimum absolute atomic E-state index is 0.0424. The molecule has 0 bridgehead atoms. The Kier molecular flexibility index (Phi) is 3.39. The molecule has 0 aromatic carbocycles. The first-order chi connectivity index (χ1) is 8.61. The quantitative estimate of drug-likeness (QED) is 0.573. The Morgan fingerprint density at radius 2 is 2.44 bits per heavy atom. The molecule has 0 N–H and O–H groups in total. The lowest BCUT2D eigenvalue weighted by atomic mass is 10.2. The Morgan fingerprint density at radius 3 is 3.11 bits per heavy atom. The van der Waals surface area contributed by atoms with Gasteiger partial charge in [-0.2, -0.15) is 5.26 Å². The molecule has 1 aromatic rings. The highest BCUT2D eigenvalue weighted by Crippen LogP contribution is 2.27. The molecule has 2 heterocycles. The first-order valence-corrected chi connectivity index (χ1v) is 5.50. The predicted molar refractivity (Wildman–Crippen MR) is 63.2 cm³/mol. The van der Waals surface area contributed by atoms with Crippen LogP contribution in [-0.2, 0) is 4.74 Å². The van der Waals surface area contributed by atoms with Gasteiger partial charge >= 0.3 is 5.69 Å². The summed E-state index contributed by atoms with van der Waals surface area (Å²) in [6, 6.07) is 5.05. The number of aryl methyl sites for hydroxylation is 1. The molecule has 1 atom stereocenters. The zero-order valence-electron chi connectivity index (χ0n) is 9.87. The molecule has 7 heteroatoms. The number of anilines is 1. The van der Waals surface area contributed by atoms with Gasteiger partial charge in [-0.15, -0.1) is 0 Å². The lowest BCUT2D eigenvalue weighted by Crippen LogP contribution is -2.42. The second-order valence-electron chi connectivity index (χ2n) is 3.99. The van der Waals surface area contributed by atoms with E-state index in [-0.39, 0.29) is 5.69 Å². The highest BCUT2D eigenvalue weighted by atomic mass is 16.6. The number of nitro groups is 1. The van der Waals surface area contributed by atoms with Gasteiger partial charge in [0, 0.05) is 18.3 Å². The van der Waals surface area contributed by atoms with E-state index in [4.69, 9.17) is 10.00 Å².